The van der Waals surface area contributed by atoms with Gasteiger partial charge in [0.1, 0.15) is 0 Å². The molecule has 2 N–H and O–H groups in total. The van der Waals surface area contributed by atoms with E-state index in [2.05, 4.69) is 14.9 Å². The lowest BCUT2D eigenvalue weighted by molar-refractivity contribution is -0.115. The zero-order valence-corrected chi connectivity index (χ0v) is 15.8. The number of sulfonamides is 1. The van der Waals surface area contributed by atoms with Gasteiger partial charge in [0.2, 0.25) is 5.91 Å². The average molecular weight is 387 g/mol. The molecule has 0 aromatic heterocycles. The smallest absolute Gasteiger partial charge is 0.261 e. The molecule has 0 unspecified atom stereocenters. The molecule has 2 aliphatic rings. The molecule has 142 valence electrons. The first-order chi connectivity index (χ1) is 12.9. The maximum absolute atomic E-state index is 12.9. The van der Waals surface area contributed by atoms with Gasteiger partial charge in [-0.05, 0) is 48.4 Å². The highest BCUT2D eigenvalue weighted by Gasteiger charge is 2.22. The first-order valence-electron chi connectivity index (χ1n) is 8.81. The third kappa shape index (κ3) is 3.63. The molecule has 0 bridgehead atoms. The van der Waals surface area contributed by atoms with E-state index in [-0.39, 0.29) is 17.2 Å². The van der Waals surface area contributed by atoms with Gasteiger partial charge in [0.25, 0.3) is 10.0 Å². The van der Waals surface area contributed by atoms with E-state index in [0.29, 0.717) is 30.2 Å². The van der Waals surface area contributed by atoms with Gasteiger partial charge in [-0.1, -0.05) is 6.07 Å². The van der Waals surface area contributed by atoms with Gasteiger partial charge in [-0.3, -0.25) is 9.52 Å². The number of nitrogens with one attached hydrogen (secondary N) is 2. The molecule has 2 aromatic rings. The molecule has 8 heteroatoms. The van der Waals surface area contributed by atoms with E-state index in [1.165, 1.54) is 6.07 Å². The summed E-state index contributed by atoms with van der Waals surface area (Å²) in [4.78, 5) is 13.8. The third-order valence-corrected chi connectivity index (χ3v) is 6.22. The Balaban J connectivity index is 1.61. The number of anilines is 3. The normalized spacial score (nSPS) is 16.8. The number of fused-ring (bicyclic) bond motifs is 1. The van der Waals surface area contributed by atoms with Crippen molar-refractivity contribution in [2.75, 3.05) is 41.2 Å². The second kappa shape index (κ2) is 6.86. The Morgan fingerprint density at radius 3 is 2.67 bits per heavy atom. The predicted octanol–water partition coefficient (Wildman–Crippen LogP) is 2.13. The van der Waals surface area contributed by atoms with E-state index in [1.807, 2.05) is 25.1 Å². The molecule has 1 fully saturated rings. The number of hydrogen-bond donors (Lipinski definition) is 2. The molecule has 7 nitrogen and oxygen atoms in total. The van der Waals surface area contributed by atoms with Gasteiger partial charge in [-0.25, -0.2) is 8.42 Å². The van der Waals surface area contributed by atoms with Gasteiger partial charge < -0.3 is 15.0 Å². The summed E-state index contributed by atoms with van der Waals surface area (Å²) in [6.45, 7) is 4.75. The van der Waals surface area contributed by atoms with Crippen molar-refractivity contribution in [1.29, 1.82) is 0 Å². The second-order valence-corrected chi connectivity index (χ2v) is 8.43. The quantitative estimate of drug-likeness (QED) is 0.839. The average Bonchev–Trinajstić information content (AvgIpc) is 3.03. The van der Waals surface area contributed by atoms with E-state index >= 15 is 0 Å². The van der Waals surface area contributed by atoms with Crippen LogP contribution in [0.5, 0.6) is 0 Å². The lowest BCUT2D eigenvalue weighted by atomic mass is 10.1. The van der Waals surface area contributed by atoms with E-state index in [4.69, 9.17) is 4.74 Å². The monoisotopic (exact) mass is 387 g/mol. The Hall–Kier alpha value is -2.58. The fourth-order valence-corrected chi connectivity index (χ4v) is 4.49. The van der Waals surface area contributed by atoms with E-state index < -0.39 is 10.0 Å². The van der Waals surface area contributed by atoms with Crippen LogP contribution in [0.1, 0.15) is 11.1 Å². The highest BCUT2D eigenvalue weighted by Crippen LogP contribution is 2.29. The van der Waals surface area contributed by atoms with E-state index in [1.54, 1.807) is 12.1 Å². The number of carbonyl (C=O) groups excluding carboxylic acids is 1. The minimum absolute atomic E-state index is 0.124. The molecule has 0 spiro atoms. The Morgan fingerprint density at radius 2 is 1.89 bits per heavy atom. The minimum Gasteiger partial charge on any atom is -0.378 e. The Labute approximate surface area is 158 Å². The highest BCUT2D eigenvalue weighted by atomic mass is 32.2. The molecule has 2 aromatic carbocycles. The summed E-state index contributed by atoms with van der Waals surface area (Å²) < 4.78 is 33.8. The lowest BCUT2D eigenvalue weighted by Gasteiger charge is -2.29. The maximum atomic E-state index is 12.9. The van der Waals surface area contributed by atoms with Gasteiger partial charge in [-0.15, -0.1) is 0 Å². The summed E-state index contributed by atoms with van der Waals surface area (Å²) in [5.74, 6) is -0.124. The predicted molar refractivity (Wildman–Crippen MR) is 104 cm³/mol. The Bertz CT molecular complexity index is 998. The van der Waals surface area contributed by atoms with Gasteiger partial charge in [0, 0.05) is 24.5 Å². The van der Waals surface area contributed by atoms with Crippen LogP contribution in [0.15, 0.2) is 41.3 Å². The van der Waals surface area contributed by atoms with Crippen LogP contribution in [-0.4, -0.2) is 40.6 Å². The Morgan fingerprint density at radius 1 is 1.11 bits per heavy atom. The number of aryl methyl sites for hydroxylation is 1. The second-order valence-electron chi connectivity index (χ2n) is 6.75. The van der Waals surface area contributed by atoms with Crippen LogP contribution in [0.2, 0.25) is 0 Å². The summed E-state index contributed by atoms with van der Waals surface area (Å²) in [5.41, 5.74) is 3.72. The van der Waals surface area contributed by atoms with Crippen LogP contribution in [0, 0.1) is 6.92 Å². The fraction of sp³-hybridized carbons (Fsp3) is 0.316. The number of amides is 1. The molecule has 0 radical (unpaired) electrons. The van der Waals surface area contributed by atoms with E-state index in [9.17, 15) is 13.2 Å². The van der Waals surface area contributed by atoms with Crippen LogP contribution in [0.25, 0.3) is 0 Å². The van der Waals surface area contributed by atoms with Crippen molar-refractivity contribution in [2.24, 2.45) is 0 Å². The first-order valence-corrected chi connectivity index (χ1v) is 10.3. The molecule has 2 heterocycles. The van der Waals surface area contributed by atoms with Crippen molar-refractivity contribution in [3.8, 4) is 0 Å². The largest absolute Gasteiger partial charge is 0.378 e. The van der Waals surface area contributed by atoms with Crippen LogP contribution in [-0.2, 0) is 26.0 Å². The van der Waals surface area contributed by atoms with Crippen molar-refractivity contribution in [3.63, 3.8) is 0 Å². The summed E-state index contributed by atoms with van der Waals surface area (Å²) >= 11 is 0. The van der Waals surface area contributed by atoms with Gasteiger partial charge >= 0.3 is 0 Å². The van der Waals surface area contributed by atoms with Gasteiger partial charge in [0.15, 0.2) is 0 Å². The maximum Gasteiger partial charge on any atom is 0.261 e. The summed E-state index contributed by atoms with van der Waals surface area (Å²) in [6, 6.07) is 10.5. The van der Waals surface area contributed by atoms with Crippen LogP contribution in [0.3, 0.4) is 0 Å². The SMILES string of the molecule is Cc1ccc(N2CCOCC2)cc1NS(=O)(=O)c1ccc2c(c1)CC(=O)N2. The molecular weight excluding hydrogens is 366 g/mol. The topological polar surface area (TPSA) is 87.7 Å². The number of benzene rings is 2. The highest BCUT2D eigenvalue weighted by molar-refractivity contribution is 7.92. The van der Waals surface area contributed by atoms with E-state index in [0.717, 1.165) is 24.3 Å². The summed E-state index contributed by atoms with van der Waals surface area (Å²) in [7, 11) is -3.75. The van der Waals surface area contributed by atoms with Gasteiger partial charge in [-0.2, -0.15) is 0 Å². The van der Waals surface area contributed by atoms with Crippen molar-refractivity contribution >= 4 is 33.0 Å². The molecule has 0 aliphatic carbocycles. The molecule has 1 saturated heterocycles. The van der Waals surface area contributed by atoms with Crippen LogP contribution < -0.4 is 14.9 Å². The summed E-state index contributed by atoms with van der Waals surface area (Å²) in [6.07, 6.45) is 0.199. The van der Waals surface area contributed by atoms with Crippen molar-refractivity contribution in [1.82, 2.24) is 0 Å². The van der Waals surface area contributed by atoms with Crippen molar-refractivity contribution in [2.45, 2.75) is 18.2 Å². The number of hydrogen-bond acceptors (Lipinski definition) is 5. The number of morpholine rings is 1. The van der Waals surface area contributed by atoms with Crippen molar-refractivity contribution in [3.05, 3.63) is 47.5 Å². The molecule has 2 aliphatic heterocycles. The van der Waals surface area contributed by atoms with Gasteiger partial charge in [0.05, 0.1) is 30.2 Å². The molecule has 0 saturated carbocycles. The van der Waals surface area contributed by atoms with Crippen molar-refractivity contribution < 1.29 is 17.9 Å². The zero-order chi connectivity index (χ0) is 19.0. The number of carbonyl (C=O) groups is 1. The third-order valence-electron chi connectivity index (χ3n) is 4.85. The molecule has 4 rings (SSSR count). The zero-order valence-electron chi connectivity index (χ0n) is 15.0. The Kier molecular flexibility index (Phi) is 4.53. The lowest BCUT2D eigenvalue weighted by Crippen LogP contribution is -2.36. The molecule has 1 amide bonds. The molecule has 0 atom stereocenters. The first kappa shape index (κ1) is 17.8. The molecule has 27 heavy (non-hydrogen) atoms. The number of ether oxygens (including phenoxy) is 1. The van der Waals surface area contributed by atoms with Crippen LogP contribution in [0.4, 0.5) is 17.1 Å². The number of nitrogens with zero attached hydrogens (tertiary/aromatic N) is 1. The fourth-order valence-electron chi connectivity index (χ4n) is 3.31. The summed E-state index contributed by atoms with van der Waals surface area (Å²) in [5, 5.41) is 2.71. The number of rotatable bonds is 4. The molecular formula is C19H21N3O4S. The van der Waals surface area contributed by atoms with Crippen LogP contribution >= 0.6 is 0 Å². The minimum atomic E-state index is -3.75. The standard InChI is InChI=1S/C19H21N3O4S/c1-13-2-3-15(22-6-8-26-9-7-22)12-18(13)21-27(24,25)16-4-5-17-14(10-16)11-19(23)20-17/h2-5,10,12,21H,6-9,11H2,1H3,(H,20,23).